The van der Waals surface area contributed by atoms with Gasteiger partial charge in [-0.1, -0.05) is 11.6 Å². The molecule has 2 aliphatic rings. The van der Waals surface area contributed by atoms with Crippen molar-refractivity contribution in [3.05, 3.63) is 35.6 Å². The number of piperazine rings is 1. The number of nitrogens with one attached hydrogen (secondary N) is 3. The lowest BCUT2D eigenvalue weighted by molar-refractivity contribution is 0.258. The Labute approximate surface area is 143 Å². The first kappa shape index (κ1) is 14.0. The molecule has 0 spiro atoms. The molecular weight excluding hydrogens is 326 g/mol. The van der Waals surface area contributed by atoms with Gasteiger partial charge in [0.05, 0.1) is 17.9 Å². The number of nitrogens with zero attached hydrogens (tertiary/aromatic N) is 4. The normalized spacial score (nSPS) is 22.5. The molecule has 0 saturated carbocycles. The quantitative estimate of drug-likeness (QED) is 0.678. The molecule has 2 atom stereocenters. The summed E-state index contributed by atoms with van der Waals surface area (Å²) in [4.78, 5) is 11.4. The van der Waals surface area contributed by atoms with Crippen molar-refractivity contribution < 1.29 is 0 Å². The fourth-order valence-electron chi connectivity index (χ4n) is 3.53. The van der Waals surface area contributed by atoms with Gasteiger partial charge in [0.1, 0.15) is 5.02 Å². The van der Waals surface area contributed by atoms with Gasteiger partial charge in [0.15, 0.2) is 5.82 Å². The van der Waals surface area contributed by atoms with Gasteiger partial charge in [-0.05, 0) is 24.6 Å². The van der Waals surface area contributed by atoms with Crippen molar-refractivity contribution in [1.29, 1.82) is 0 Å². The van der Waals surface area contributed by atoms with E-state index in [-0.39, 0.29) is 0 Å². The minimum absolute atomic E-state index is 0.486. The van der Waals surface area contributed by atoms with Crippen LogP contribution in [0.25, 0.3) is 10.9 Å². The summed E-state index contributed by atoms with van der Waals surface area (Å²) in [6.45, 7) is 1.98. The van der Waals surface area contributed by atoms with Gasteiger partial charge >= 0.3 is 0 Å². The molecule has 7 nitrogen and oxygen atoms in total. The Kier molecular flexibility index (Phi) is 3.11. The molecule has 24 heavy (non-hydrogen) atoms. The first-order valence-electron chi connectivity index (χ1n) is 8.00. The number of H-pyrrole nitrogens is 1. The van der Waals surface area contributed by atoms with Crippen molar-refractivity contribution in [1.82, 2.24) is 25.5 Å². The number of aromatic amines is 1. The maximum absolute atomic E-state index is 6.29. The zero-order valence-corrected chi connectivity index (χ0v) is 13.6. The van der Waals surface area contributed by atoms with E-state index >= 15 is 0 Å². The fourth-order valence-corrected chi connectivity index (χ4v) is 3.67. The molecule has 122 valence electrons. The Balaban J connectivity index is 1.45. The zero-order valence-electron chi connectivity index (χ0n) is 12.8. The van der Waals surface area contributed by atoms with Gasteiger partial charge < -0.3 is 15.5 Å². The number of hydrogen-bond acceptors (Lipinski definition) is 6. The molecule has 2 fully saturated rings. The van der Waals surface area contributed by atoms with Crippen molar-refractivity contribution in [2.75, 3.05) is 23.3 Å². The molecule has 0 amide bonds. The fraction of sp³-hybridized carbons (Fsp3) is 0.312. The first-order chi connectivity index (χ1) is 11.8. The number of hydrogen-bond donors (Lipinski definition) is 3. The third-order valence-electron chi connectivity index (χ3n) is 4.76. The molecule has 2 aliphatic heterocycles. The highest BCUT2D eigenvalue weighted by atomic mass is 35.5. The SMILES string of the molecule is Clc1cnc(N2C3CNCC2C3)nc1Nc1ccc2[nH]ncc2c1. The Bertz CT molecular complexity index is 894. The maximum atomic E-state index is 6.29. The van der Waals surface area contributed by atoms with Gasteiger partial charge in [0.2, 0.25) is 5.95 Å². The van der Waals surface area contributed by atoms with Crippen LogP contribution in [0, 0.1) is 0 Å². The molecule has 8 heteroatoms. The third-order valence-corrected chi connectivity index (χ3v) is 5.03. The minimum Gasteiger partial charge on any atom is -0.339 e. The van der Waals surface area contributed by atoms with Crippen molar-refractivity contribution in [2.45, 2.75) is 18.5 Å². The van der Waals surface area contributed by atoms with Crippen LogP contribution in [0.4, 0.5) is 17.5 Å². The summed E-state index contributed by atoms with van der Waals surface area (Å²) >= 11 is 6.29. The van der Waals surface area contributed by atoms with Crippen LogP contribution in [0.1, 0.15) is 6.42 Å². The monoisotopic (exact) mass is 341 g/mol. The van der Waals surface area contributed by atoms with Crippen LogP contribution in [0.3, 0.4) is 0 Å². The van der Waals surface area contributed by atoms with Gasteiger partial charge in [-0.3, -0.25) is 5.10 Å². The van der Waals surface area contributed by atoms with Crippen LogP contribution in [0.15, 0.2) is 30.6 Å². The van der Waals surface area contributed by atoms with E-state index in [2.05, 4.69) is 35.7 Å². The van der Waals surface area contributed by atoms with Crippen LogP contribution in [-0.4, -0.2) is 45.3 Å². The maximum Gasteiger partial charge on any atom is 0.227 e. The Morgan fingerprint density at radius 3 is 2.92 bits per heavy atom. The van der Waals surface area contributed by atoms with Crippen LogP contribution >= 0.6 is 11.6 Å². The number of anilines is 3. The molecule has 0 aliphatic carbocycles. The highest BCUT2D eigenvalue weighted by Gasteiger charge is 2.42. The lowest BCUT2D eigenvalue weighted by Crippen LogP contribution is -2.68. The highest BCUT2D eigenvalue weighted by Crippen LogP contribution is 2.34. The van der Waals surface area contributed by atoms with E-state index in [4.69, 9.17) is 11.6 Å². The minimum atomic E-state index is 0.486. The van der Waals surface area contributed by atoms with Crippen molar-refractivity contribution in [3.8, 4) is 0 Å². The summed E-state index contributed by atoms with van der Waals surface area (Å²) in [6.07, 6.45) is 4.67. The van der Waals surface area contributed by atoms with Gasteiger partial charge in [0.25, 0.3) is 0 Å². The Morgan fingerprint density at radius 1 is 1.21 bits per heavy atom. The molecule has 2 unspecified atom stereocenters. The third kappa shape index (κ3) is 2.20. The summed E-state index contributed by atoms with van der Waals surface area (Å²) in [5, 5.41) is 15.2. The average Bonchev–Trinajstić information content (AvgIpc) is 3.06. The molecule has 2 saturated heterocycles. The number of rotatable bonds is 3. The van der Waals surface area contributed by atoms with E-state index in [1.807, 2.05) is 18.2 Å². The molecule has 3 N–H and O–H groups in total. The topological polar surface area (TPSA) is 81.8 Å². The van der Waals surface area contributed by atoms with Gasteiger partial charge in [-0.2, -0.15) is 10.1 Å². The number of aromatic nitrogens is 4. The second kappa shape index (κ2) is 5.32. The van der Waals surface area contributed by atoms with Crippen LogP contribution in [0.2, 0.25) is 5.02 Å². The second-order valence-electron chi connectivity index (χ2n) is 6.27. The standard InChI is InChI=1S/C16H16ClN7/c17-13-8-19-16(24-11-4-12(24)7-18-6-11)22-15(13)21-10-1-2-14-9(3-10)5-20-23-14/h1-3,5,8,11-12,18H,4,6-7H2,(H,20,23)(H,19,21,22). The van der Waals surface area contributed by atoms with E-state index in [1.54, 1.807) is 12.4 Å². The zero-order chi connectivity index (χ0) is 16.1. The number of fused-ring (bicyclic) bond motifs is 3. The van der Waals surface area contributed by atoms with Crippen molar-refractivity contribution in [2.24, 2.45) is 0 Å². The van der Waals surface area contributed by atoms with Gasteiger partial charge in [0, 0.05) is 36.2 Å². The predicted octanol–water partition coefficient (Wildman–Crippen LogP) is 2.30. The molecule has 3 aromatic rings. The first-order valence-corrected chi connectivity index (χ1v) is 8.37. The summed E-state index contributed by atoms with van der Waals surface area (Å²) in [5.74, 6) is 1.37. The summed E-state index contributed by atoms with van der Waals surface area (Å²) < 4.78 is 0. The molecule has 4 heterocycles. The highest BCUT2D eigenvalue weighted by molar-refractivity contribution is 6.32. The van der Waals surface area contributed by atoms with E-state index in [0.717, 1.165) is 35.6 Å². The van der Waals surface area contributed by atoms with Gasteiger partial charge in [-0.25, -0.2) is 4.98 Å². The van der Waals surface area contributed by atoms with E-state index < -0.39 is 0 Å². The summed E-state index contributed by atoms with van der Waals surface area (Å²) in [7, 11) is 0. The van der Waals surface area contributed by atoms with E-state index in [9.17, 15) is 0 Å². The molecule has 0 radical (unpaired) electrons. The second-order valence-corrected chi connectivity index (χ2v) is 6.68. The average molecular weight is 342 g/mol. The molecule has 5 rings (SSSR count). The van der Waals surface area contributed by atoms with E-state index in [0.29, 0.717) is 22.9 Å². The summed E-state index contributed by atoms with van der Waals surface area (Å²) in [6, 6.07) is 6.94. The van der Waals surface area contributed by atoms with Crippen LogP contribution in [0.5, 0.6) is 0 Å². The van der Waals surface area contributed by atoms with Crippen LogP contribution < -0.4 is 15.5 Å². The number of halogens is 1. The Morgan fingerprint density at radius 2 is 2.08 bits per heavy atom. The molecule has 2 bridgehead atoms. The lowest BCUT2D eigenvalue weighted by atomic mass is 9.89. The van der Waals surface area contributed by atoms with Crippen molar-refractivity contribution >= 4 is 40.0 Å². The number of benzene rings is 1. The van der Waals surface area contributed by atoms with Crippen molar-refractivity contribution in [3.63, 3.8) is 0 Å². The molecule has 1 aromatic carbocycles. The molecular formula is C16H16ClN7. The summed E-state index contributed by atoms with van der Waals surface area (Å²) in [5.41, 5.74) is 1.91. The van der Waals surface area contributed by atoms with Gasteiger partial charge in [-0.15, -0.1) is 0 Å². The van der Waals surface area contributed by atoms with Crippen LogP contribution in [-0.2, 0) is 0 Å². The van der Waals surface area contributed by atoms with E-state index in [1.165, 1.54) is 6.42 Å². The predicted molar refractivity (Wildman–Crippen MR) is 94.0 cm³/mol. The molecule has 2 aromatic heterocycles. The smallest absolute Gasteiger partial charge is 0.227 e. The Hall–Kier alpha value is -2.38. The largest absolute Gasteiger partial charge is 0.339 e. The number of piperidine rings is 1. The lowest BCUT2D eigenvalue weighted by Gasteiger charge is -2.53.